The van der Waals surface area contributed by atoms with Gasteiger partial charge in [0.05, 0.1) is 0 Å². The summed E-state index contributed by atoms with van der Waals surface area (Å²) >= 11 is 1.58. The normalized spacial score (nSPS) is 12.3. The number of nitrogens with zero attached hydrogens (tertiary/aromatic N) is 3. The van der Waals surface area contributed by atoms with Gasteiger partial charge in [-0.1, -0.05) is 24.3 Å². The van der Waals surface area contributed by atoms with Crippen LogP contribution in [0.2, 0.25) is 0 Å². The Morgan fingerprint density at radius 3 is 2.62 bits per heavy atom. The van der Waals surface area contributed by atoms with Crippen LogP contribution in [0.15, 0.2) is 78.4 Å². The van der Waals surface area contributed by atoms with Crippen LogP contribution in [0.4, 0.5) is 30.6 Å². The molecule has 11 heteroatoms. The van der Waals surface area contributed by atoms with Gasteiger partial charge < -0.3 is 15.7 Å². The Labute approximate surface area is 225 Å². The van der Waals surface area contributed by atoms with Crippen molar-refractivity contribution in [1.82, 2.24) is 15.0 Å². The molecule has 0 unspecified atom stereocenters. The Morgan fingerprint density at radius 2 is 1.87 bits per heavy atom. The number of hydrogen-bond donors (Lipinski definition) is 3. The van der Waals surface area contributed by atoms with E-state index < -0.39 is 23.9 Å². The smallest absolute Gasteiger partial charge is 0.433 e. The lowest BCUT2D eigenvalue weighted by atomic mass is 10.0. The first kappa shape index (κ1) is 26.1. The molecule has 0 amide bonds. The van der Waals surface area contributed by atoms with Gasteiger partial charge in [0.15, 0.2) is 0 Å². The number of carboxylic acid groups (broad SMARTS) is 1. The molecule has 198 valence electrons. The highest BCUT2D eigenvalue weighted by Crippen LogP contribution is 2.30. The average Bonchev–Trinajstić information content (AvgIpc) is 3.31. The van der Waals surface area contributed by atoms with E-state index in [-0.39, 0.29) is 5.95 Å². The van der Waals surface area contributed by atoms with Gasteiger partial charge in [-0.2, -0.15) is 13.2 Å². The van der Waals surface area contributed by atoms with Crippen LogP contribution in [-0.4, -0.2) is 32.1 Å². The largest absolute Gasteiger partial charge is 0.480 e. The minimum Gasteiger partial charge on any atom is -0.480 e. The van der Waals surface area contributed by atoms with Gasteiger partial charge in [-0.25, -0.2) is 19.7 Å². The molecule has 0 saturated heterocycles. The maximum absolute atomic E-state index is 13.0. The van der Waals surface area contributed by atoms with Crippen molar-refractivity contribution in [3.8, 4) is 11.1 Å². The average molecular weight is 550 g/mol. The van der Waals surface area contributed by atoms with Crippen molar-refractivity contribution in [3.63, 3.8) is 0 Å². The Bertz CT molecular complexity index is 1640. The third kappa shape index (κ3) is 6.15. The molecule has 7 nitrogen and oxygen atoms in total. The standard InChI is InChI=1S/C28H22F3N5O2S/c1-16-10-18(12-20(11-16)34-27-32-9-8-24(36-27)28(29,30)31)17-6-7-25(33-14-17)35-22(26(37)38)13-19-15-39-23-5-3-2-4-21(19)23/h2-12,14-15,22H,13H2,1H3,(H,33,35)(H,37,38)(H,32,34,36)/t22-/m1/s1. The van der Waals surface area contributed by atoms with Crippen molar-refractivity contribution in [1.29, 1.82) is 0 Å². The number of aryl methyl sites for hydroxylation is 1. The van der Waals surface area contributed by atoms with Crippen LogP contribution in [-0.2, 0) is 17.4 Å². The second kappa shape index (κ2) is 10.7. The molecule has 0 aliphatic heterocycles. The lowest BCUT2D eigenvalue weighted by Crippen LogP contribution is -2.31. The van der Waals surface area contributed by atoms with Gasteiger partial charge in [0.1, 0.15) is 17.6 Å². The molecule has 0 bridgehead atoms. The number of halogens is 3. The molecule has 5 rings (SSSR count). The summed E-state index contributed by atoms with van der Waals surface area (Å²) in [5, 5.41) is 18.7. The number of carboxylic acids is 1. The number of benzene rings is 2. The zero-order valence-electron chi connectivity index (χ0n) is 20.5. The highest BCUT2D eigenvalue weighted by atomic mass is 32.1. The van der Waals surface area contributed by atoms with Gasteiger partial charge in [-0.05, 0) is 70.8 Å². The highest BCUT2D eigenvalue weighted by Gasteiger charge is 2.32. The van der Waals surface area contributed by atoms with Gasteiger partial charge in [-0.3, -0.25) is 0 Å². The zero-order chi connectivity index (χ0) is 27.6. The predicted octanol–water partition coefficient (Wildman–Crippen LogP) is 6.93. The summed E-state index contributed by atoms with van der Waals surface area (Å²) in [6.07, 6.45) is -1.61. The molecule has 0 spiro atoms. The van der Waals surface area contributed by atoms with Gasteiger partial charge in [0.2, 0.25) is 5.95 Å². The molecule has 0 saturated carbocycles. The minimum absolute atomic E-state index is 0.169. The summed E-state index contributed by atoms with van der Waals surface area (Å²) in [6, 6.07) is 16.7. The van der Waals surface area contributed by atoms with Gasteiger partial charge >= 0.3 is 12.1 Å². The fraction of sp³-hybridized carbons (Fsp3) is 0.143. The van der Waals surface area contributed by atoms with Crippen LogP contribution in [0, 0.1) is 6.92 Å². The van der Waals surface area contributed by atoms with Crippen LogP contribution in [0.1, 0.15) is 16.8 Å². The number of rotatable bonds is 8. The number of pyridine rings is 1. The minimum atomic E-state index is -4.57. The third-order valence-electron chi connectivity index (χ3n) is 5.98. The molecule has 2 aromatic carbocycles. The van der Waals surface area contributed by atoms with E-state index in [0.717, 1.165) is 44.6 Å². The highest BCUT2D eigenvalue weighted by molar-refractivity contribution is 7.17. The third-order valence-corrected chi connectivity index (χ3v) is 6.99. The molecule has 3 aromatic heterocycles. The second-order valence-corrected chi connectivity index (χ2v) is 9.82. The Hall–Kier alpha value is -4.51. The molecule has 0 fully saturated rings. The summed E-state index contributed by atoms with van der Waals surface area (Å²) < 4.78 is 40.1. The number of carbonyl (C=O) groups is 1. The summed E-state index contributed by atoms with van der Waals surface area (Å²) in [6.45, 7) is 1.86. The molecule has 0 aliphatic rings. The number of nitrogens with one attached hydrogen (secondary N) is 2. The molecule has 0 radical (unpaired) electrons. The number of aliphatic carboxylic acids is 1. The zero-order valence-corrected chi connectivity index (χ0v) is 21.3. The Kier molecular flexibility index (Phi) is 7.16. The maximum Gasteiger partial charge on any atom is 0.433 e. The quantitative estimate of drug-likeness (QED) is 0.193. The molecular formula is C28H22F3N5O2S. The summed E-state index contributed by atoms with van der Waals surface area (Å²) in [5.74, 6) is -0.742. The summed E-state index contributed by atoms with van der Waals surface area (Å²) in [5.41, 5.74) is 2.80. The summed E-state index contributed by atoms with van der Waals surface area (Å²) in [7, 11) is 0. The van der Waals surface area contributed by atoms with E-state index in [1.165, 1.54) is 0 Å². The monoisotopic (exact) mass is 549 g/mol. The van der Waals surface area contributed by atoms with Crippen LogP contribution >= 0.6 is 11.3 Å². The lowest BCUT2D eigenvalue weighted by Gasteiger charge is -2.15. The van der Waals surface area contributed by atoms with Crippen molar-refractivity contribution in [2.45, 2.75) is 25.6 Å². The van der Waals surface area contributed by atoms with E-state index in [1.54, 1.807) is 41.8 Å². The van der Waals surface area contributed by atoms with Gasteiger partial charge in [0, 0.05) is 34.8 Å². The SMILES string of the molecule is Cc1cc(Nc2nccc(C(F)(F)F)n2)cc(-c2ccc(N[C@H](Cc3csc4ccccc34)C(=O)O)nc2)c1. The molecule has 0 aliphatic carbocycles. The van der Waals surface area contributed by atoms with E-state index in [9.17, 15) is 23.1 Å². The molecule has 3 heterocycles. The van der Waals surface area contributed by atoms with Crippen LogP contribution in [0.25, 0.3) is 21.2 Å². The van der Waals surface area contributed by atoms with Crippen LogP contribution in [0.5, 0.6) is 0 Å². The maximum atomic E-state index is 13.0. The van der Waals surface area contributed by atoms with E-state index in [0.29, 0.717) is 17.9 Å². The van der Waals surface area contributed by atoms with Crippen molar-refractivity contribution < 1.29 is 23.1 Å². The topological polar surface area (TPSA) is 100 Å². The molecule has 39 heavy (non-hydrogen) atoms. The fourth-order valence-corrected chi connectivity index (χ4v) is 5.14. The summed E-state index contributed by atoms with van der Waals surface area (Å²) in [4.78, 5) is 23.8. The first-order chi connectivity index (χ1) is 18.7. The molecule has 5 aromatic rings. The van der Waals surface area contributed by atoms with Gasteiger partial charge in [-0.15, -0.1) is 11.3 Å². The number of aromatic nitrogens is 3. The molecule has 3 N–H and O–H groups in total. The lowest BCUT2D eigenvalue weighted by molar-refractivity contribution is -0.141. The van der Waals surface area contributed by atoms with E-state index in [1.807, 2.05) is 42.6 Å². The molecular weight excluding hydrogens is 527 g/mol. The van der Waals surface area contributed by atoms with Crippen molar-refractivity contribution in [2.75, 3.05) is 10.6 Å². The van der Waals surface area contributed by atoms with Gasteiger partial charge in [0.25, 0.3) is 0 Å². The number of thiophene rings is 1. The predicted molar refractivity (Wildman–Crippen MR) is 145 cm³/mol. The van der Waals surface area contributed by atoms with Crippen molar-refractivity contribution in [3.05, 3.63) is 95.3 Å². The van der Waals surface area contributed by atoms with Crippen LogP contribution in [0.3, 0.4) is 0 Å². The number of hydrogen-bond acceptors (Lipinski definition) is 7. The number of fused-ring (bicyclic) bond motifs is 1. The second-order valence-electron chi connectivity index (χ2n) is 8.90. The van der Waals surface area contributed by atoms with Crippen LogP contribution < -0.4 is 10.6 Å². The van der Waals surface area contributed by atoms with Crippen molar-refractivity contribution in [2.24, 2.45) is 0 Å². The Morgan fingerprint density at radius 1 is 1.05 bits per heavy atom. The first-order valence-corrected chi connectivity index (χ1v) is 12.7. The fourth-order valence-electron chi connectivity index (χ4n) is 4.17. The van der Waals surface area contributed by atoms with Crippen molar-refractivity contribution >= 4 is 44.8 Å². The van der Waals surface area contributed by atoms with E-state index in [2.05, 4.69) is 25.6 Å². The number of alkyl halides is 3. The van der Waals surface area contributed by atoms with E-state index in [4.69, 9.17) is 0 Å². The first-order valence-electron chi connectivity index (χ1n) is 11.9. The Balaban J connectivity index is 1.32. The molecule has 1 atom stereocenters. The van der Waals surface area contributed by atoms with E-state index >= 15 is 0 Å². The number of anilines is 3.